The van der Waals surface area contributed by atoms with Crippen molar-refractivity contribution in [2.45, 2.75) is 37.7 Å². The summed E-state index contributed by atoms with van der Waals surface area (Å²) >= 11 is 0. The van der Waals surface area contributed by atoms with Gasteiger partial charge in [-0.1, -0.05) is 13.3 Å². The van der Waals surface area contributed by atoms with Gasteiger partial charge in [0.25, 0.3) is 9.05 Å². The van der Waals surface area contributed by atoms with E-state index in [0.717, 1.165) is 12.8 Å². The zero-order valence-corrected chi connectivity index (χ0v) is 10.8. The van der Waals surface area contributed by atoms with Gasteiger partial charge >= 0.3 is 0 Å². The SMILES string of the molecule is CCCC(C)Oc1ncccc1S(=O)(=O)Cl. The molecular formula is C10H14ClNO3S. The van der Waals surface area contributed by atoms with Gasteiger partial charge in [-0.15, -0.1) is 0 Å². The lowest BCUT2D eigenvalue weighted by molar-refractivity contribution is 0.195. The third-order valence-electron chi connectivity index (χ3n) is 2.01. The van der Waals surface area contributed by atoms with E-state index in [0.29, 0.717) is 0 Å². The van der Waals surface area contributed by atoms with Crippen LogP contribution in [0, 0.1) is 0 Å². The Labute approximate surface area is 100 Å². The van der Waals surface area contributed by atoms with Crippen molar-refractivity contribution in [2.24, 2.45) is 0 Å². The molecule has 90 valence electrons. The summed E-state index contributed by atoms with van der Waals surface area (Å²) in [6, 6.07) is 2.88. The fourth-order valence-electron chi connectivity index (χ4n) is 1.31. The molecule has 0 saturated heterocycles. The molecule has 0 aliphatic rings. The molecule has 0 aromatic carbocycles. The van der Waals surface area contributed by atoms with Crippen molar-refractivity contribution in [1.29, 1.82) is 0 Å². The number of hydrogen-bond acceptors (Lipinski definition) is 4. The summed E-state index contributed by atoms with van der Waals surface area (Å²) in [7, 11) is 1.47. The minimum absolute atomic E-state index is 0.0680. The Hall–Kier alpha value is -0.810. The standard InChI is InChI=1S/C10H14ClNO3S/c1-3-5-8(2)15-10-9(16(11,13)14)6-4-7-12-10/h4,6-8H,3,5H2,1-2H3. The Morgan fingerprint density at radius 3 is 2.81 bits per heavy atom. The zero-order valence-electron chi connectivity index (χ0n) is 9.18. The number of pyridine rings is 1. The predicted molar refractivity (Wildman–Crippen MR) is 62.3 cm³/mol. The van der Waals surface area contributed by atoms with Crippen LogP contribution in [0.25, 0.3) is 0 Å². The quantitative estimate of drug-likeness (QED) is 0.766. The van der Waals surface area contributed by atoms with Gasteiger partial charge in [-0.2, -0.15) is 0 Å². The van der Waals surface area contributed by atoms with Crippen molar-refractivity contribution in [2.75, 3.05) is 0 Å². The molecule has 0 aliphatic heterocycles. The third-order valence-corrected chi connectivity index (χ3v) is 3.34. The van der Waals surface area contributed by atoms with Gasteiger partial charge in [-0.3, -0.25) is 0 Å². The van der Waals surface area contributed by atoms with E-state index in [1.54, 1.807) is 0 Å². The van der Waals surface area contributed by atoms with Gasteiger partial charge in [-0.25, -0.2) is 13.4 Å². The first-order valence-corrected chi connectivity index (χ1v) is 7.32. The molecular weight excluding hydrogens is 250 g/mol. The Kier molecular flexibility index (Phi) is 4.56. The van der Waals surface area contributed by atoms with Crippen LogP contribution < -0.4 is 4.74 Å². The Morgan fingerprint density at radius 1 is 1.56 bits per heavy atom. The predicted octanol–water partition coefficient (Wildman–Crippen LogP) is 2.58. The summed E-state index contributed by atoms with van der Waals surface area (Å²) in [6.07, 6.45) is 3.17. The largest absolute Gasteiger partial charge is 0.474 e. The number of rotatable bonds is 5. The second-order valence-electron chi connectivity index (χ2n) is 3.46. The molecule has 1 aromatic heterocycles. The average molecular weight is 264 g/mol. The molecule has 0 spiro atoms. The molecule has 1 aromatic rings. The highest BCUT2D eigenvalue weighted by atomic mass is 35.7. The summed E-state index contributed by atoms with van der Waals surface area (Å²) < 4.78 is 27.9. The Balaban J connectivity index is 2.96. The highest BCUT2D eigenvalue weighted by Gasteiger charge is 2.18. The number of ether oxygens (including phenoxy) is 1. The van der Waals surface area contributed by atoms with Crippen LogP contribution in [-0.4, -0.2) is 19.5 Å². The summed E-state index contributed by atoms with van der Waals surface area (Å²) in [6.45, 7) is 3.89. The molecule has 6 heteroatoms. The molecule has 0 bridgehead atoms. The molecule has 0 fully saturated rings. The summed E-state index contributed by atoms with van der Waals surface area (Å²) in [4.78, 5) is 3.80. The van der Waals surface area contributed by atoms with Gasteiger partial charge in [0.05, 0.1) is 6.10 Å². The number of aromatic nitrogens is 1. The average Bonchev–Trinajstić information content (AvgIpc) is 2.17. The van der Waals surface area contributed by atoms with Crippen molar-refractivity contribution in [3.05, 3.63) is 18.3 Å². The molecule has 0 N–H and O–H groups in total. The minimum atomic E-state index is -3.81. The van der Waals surface area contributed by atoms with Crippen molar-refractivity contribution in [3.8, 4) is 5.88 Å². The second-order valence-corrected chi connectivity index (χ2v) is 6.00. The van der Waals surface area contributed by atoms with E-state index in [4.69, 9.17) is 15.4 Å². The molecule has 1 unspecified atom stereocenters. The second kappa shape index (κ2) is 5.50. The van der Waals surface area contributed by atoms with Crippen molar-refractivity contribution < 1.29 is 13.2 Å². The van der Waals surface area contributed by atoms with E-state index in [-0.39, 0.29) is 16.9 Å². The van der Waals surface area contributed by atoms with Crippen LogP contribution in [0.1, 0.15) is 26.7 Å². The van der Waals surface area contributed by atoms with E-state index in [1.165, 1.54) is 18.3 Å². The Morgan fingerprint density at radius 2 is 2.25 bits per heavy atom. The summed E-state index contributed by atoms with van der Waals surface area (Å²) in [5, 5.41) is 0. The number of nitrogens with zero attached hydrogens (tertiary/aromatic N) is 1. The fraction of sp³-hybridized carbons (Fsp3) is 0.500. The van der Waals surface area contributed by atoms with E-state index in [9.17, 15) is 8.42 Å². The molecule has 0 amide bonds. The highest BCUT2D eigenvalue weighted by Crippen LogP contribution is 2.25. The van der Waals surface area contributed by atoms with E-state index in [1.807, 2.05) is 13.8 Å². The molecule has 0 radical (unpaired) electrons. The summed E-state index contributed by atoms with van der Waals surface area (Å²) in [5.74, 6) is 0.0680. The zero-order chi connectivity index (χ0) is 12.2. The van der Waals surface area contributed by atoms with E-state index in [2.05, 4.69) is 4.98 Å². The van der Waals surface area contributed by atoms with Crippen LogP contribution in [0.15, 0.2) is 23.2 Å². The van der Waals surface area contributed by atoms with Gasteiger partial charge in [0.15, 0.2) is 0 Å². The maximum Gasteiger partial charge on any atom is 0.266 e. The van der Waals surface area contributed by atoms with Crippen molar-refractivity contribution in [1.82, 2.24) is 4.98 Å². The highest BCUT2D eigenvalue weighted by molar-refractivity contribution is 8.13. The molecule has 16 heavy (non-hydrogen) atoms. The number of hydrogen-bond donors (Lipinski definition) is 0. The van der Waals surface area contributed by atoms with Gasteiger partial charge in [-0.05, 0) is 25.5 Å². The van der Waals surface area contributed by atoms with Crippen LogP contribution in [0.4, 0.5) is 0 Å². The minimum Gasteiger partial charge on any atom is -0.474 e. The van der Waals surface area contributed by atoms with Crippen LogP contribution in [0.2, 0.25) is 0 Å². The maximum atomic E-state index is 11.2. The first-order chi connectivity index (χ1) is 7.45. The maximum absolute atomic E-state index is 11.2. The Bertz CT molecular complexity index is 447. The van der Waals surface area contributed by atoms with Crippen LogP contribution >= 0.6 is 10.7 Å². The van der Waals surface area contributed by atoms with Gasteiger partial charge in [0, 0.05) is 16.9 Å². The molecule has 1 rings (SSSR count). The van der Waals surface area contributed by atoms with E-state index >= 15 is 0 Å². The molecule has 0 saturated carbocycles. The van der Waals surface area contributed by atoms with Crippen molar-refractivity contribution >= 4 is 19.7 Å². The lowest BCUT2D eigenvalue weighted by Crippen LogP contribution is -2.13. The fourth-order valence-corrected chi connectivity index (χ4v) is 2.21. The lowest BCUT2D eigenvalue weighted by Gasteiger charge is -2.14. The van der Waals surface area contributed by atoms with Crippen LogP contribution in [-0.2, 0) is 9.05 Å². The normalized spacial score (nSPS) is 13.4. The first-order valence-electron chi connectivity index (χ1n) is 5.01. The smallest absolute Gasteiger partial charge is 0.266 e. The molecule has 4 nitrogen and oxygen atoms in total. The van der Waals surface area contributed by atoms with Gasteiger partial charge < -0.3 is 4.74 Å². The van der Waals surface area contributed by atoms with Crippen molar-refractivity contribution in [3.63, 3.8) is 0 Å². The lowest BCUT2D eigenvalue weighted by atomic mass is 10.2. The monoisotopic (exact) mass is 263 g/mol. The van der Waals surface area contributed by atoms with Gasteiger partial charge in [0.2, 0.25) is 5.88 Å². The van der Waals surface area contributed by atoms with Crippen LogP contribution in [0.5, 0.6) is 5.88 Å². The topological polar surface area (TPSA) is 56.3 Å². The third kappa shape index (κ3) is 3.64. The van der Waals surface area contributed by atoms with E-state index < -0.39 is 9.05 Å². The molecule has 1 atom stereocenters. The number of halogens is 1. The summed E-state index contributed by atoms with van der Waals surface area (Å²) in [5.41, 5.74) is 0. The molecule has 1 heterocycles. The first kappa shape index (κ1) is 13.3. The van der Waals surface area contributed by atoms with Crippen LogP contribution in [0.3, 0.4) is 0 Å². The van der Waals surface area contributed by atoms with Gasteiger partial charge in [0.1, 0.15) is 4.90 Å². The molecule has 0 aliphatic carbocycles.